The molecule has 77 heavy (non-hydrogen) atoms. The highest BCUT2D eigenvalue weighted by atomic mass is 16.5. The van der Waals surface area contributed by atoms with Crippen LogP contribution in [-0.4, -0.2) is 154 Å². The van der Waals surface area contributed by atoms with Crippen LogP contribution >= 0.6 is 0 Å². The van der Waals surface area contributed by atoms with Crippen LogP contribution in [-0.2, 0) is 71.8 Å². The molecule has 26 heteroatoms. The molecule has 6 atom stereocenters. The lowest BCUT2D eigenvalue weighted by atomic mass is 10.0. The van der Waals surface area contributed by atoms with Gasteiger partial charge in [-0.3, -0.25) is 33.6 Å². The first kappa shape index (κ1) is 69.6. The van der Waals surface area contributed by atoms with Gasteiger partial charge in [-0.1, -0.05) is 96.4 Å². The van der Waals surface area contributed by atoms with Gasteiger partial charge in [0.1, 0.15) is 49.5 Å². The molecule has 0 spiro atoms. The number of esters is 2. The normalized spacial score (nSPS) is 13.0. The Kier molecular flexibility index (Phi) is 37.8. The van der Waals surface area contributed by atoms with Crippen molar-refractivity contribution >= 4 is 77.2 Å². The van der Waals surface area contributed by atoms with Crippen LogP contribution in [0.5, 0.6) is 0 Å². The first-order valence-corrected chi connectivity index (χ1v) is 26.0. The van der Waals surface area contributed by atoms with Crippen LogP contribution in [0.1, 0.15) is 161 Å². The summed E-state index contributed by atoms with van der Waals surface area (Å²) in [6.07, 6.45) is 8.92. The monoisotopic (exact) mass is 1100 g/mol. The molecule has 0 aliphatic carbocycles. The van der Waals surface area contributed by atoms with Crippen molar-refractivity contribution in [3.63, 3.8) is 0 Å². The fourth-order valence-electron chi connectivity index (χ4n) is 7.34. The van der Waals surface area contributed by atoms with E-state index in [1.807, 2.05) is 0 Å². The first-order chi connectivity index (χ1) is 36.6. The molecule has 0 radical (unpaired) electrons. The van der Waals surface area contributed by atoms with Gasteiger partial charge in [0, 0.05) is 52.0 Å². The number of hydrogen-bond donors (Lipinski definition) is 11. The summed E-state index contributed by atoms with van der Waals surface area (Å²) in [5.41, 5.74) is 0. The Hall–Kier alpha value is -7.41. The summed E-state index contributed by atoms with van der Waals surface area (Å²) < 4.78 is 9.96. The second-order valence-electron chi connectivity index (χ2n) is 18.1. The standard InChI is InChI=1S/C51H81N7O19/c1-5-8-9-10-11-12-13-14-15-16-17-18-40(60)53-33(46(66)67)19-26-41(61)54-36(49(72)73)22-29-45(65)58-38(51(75)77-32-7-3)24-30-43(63)56-34(47(68)69)20-27-42(62)55-35(48(70)71)21-28-44(64)57-37(23-25-39(59)52-4)50(74)76-31-6-2/h6-7,33-38H,2-3,5,8-32H2,1,4H3,(H,52,59)(H,53,60)(H,54,61)(H,55,62)(H,56,63)(H,57,64)(H,58,65)(H,66,67)(H,68,69)(H,70,71)(H,72,73). The molecule has 0 fully saturated rings. The van der Waals surface area contributed by atoms with E-state index in [1.165, 1.54) is 57.7 Å². The average Bonchev–Trinajstić information content (AvgIpc) is 3.38. The number of unbranched alkanes of at least 4 members (excludes halogenated alkanes) is 10. The molecular formula is C51H81N7O19. The van der Waals surface area contributed by atoms with Crippen LogP contribution in [0, 0.1) is 0 Å². The van der Waals surface area contributed by atoms with Gasteiger partial charge < -0.3 is 67.1 Å². The number of carboxylic acids is 4. The van der Waals surface area contributed by atoms with Crippen molar-refractivity contribution in [3.05, 3.63) is 25.3 Å². The maximum absolute atomic E-state index is 13.0. The second-order valence-corrected chi connectivity index (χ2v) is 18.1. The van der Waals surface area contributed by atoms with Gasteiger partial charge in [-0.2, -0.15) is 0 Å². The first-order valence-electron chi connectivity index (χ1n) is 26.0. The third-order valence-corrected chi connectivity index (χ3v) is 11.7. The zero-order valence-corrected chi connectivity index (χ0v) is 44.3. The number of hydrogen-bond acceptors (Lipinski definition) is 15. The van der Waals surface area contributed by atoms with Gasteiger partial charge in [-0.05, 0) is 44.9 Å². The summed E-state index contributed by atoms with van der Waals surface area (Å²) in [4.78, 5) is 161. The van der Waals surface area contributed by atoms with Gasteiger partial charge >= 0.3 is 35.8 Å². The molecule has 0 aromatic heterocycles. The van der Waals surface area contributed by atoms with Gasteiger partial charge in [0.2, 0.25) is 41.4 Å². The molecule has 11 N–H and O–H groups in total. The lowest BCUT2D eigenvalue weighted by Gasteiger charge is -2.20. The SMILES string of the molecule is C=CCOC(=O)C(CCC(=O)NC)NC(=O)CCC(NC(=O)CCC(NC(=O)CCC(NC(=O)CCC(NC(=O)CCC(NC(=O)CCCCCCCCCCCCC)C(=O)O)C(=O)O)C(=O)OCC=C)C(=O)O)C(=O)O. The second kappa shape index (κ2) is 41.8. The highest BCUT2D eigenvalue weighted by molar-refractivity contribution is 5.90. The van der Waals surface area contributed by atoms with Crippen molar-refractivity contribution in [2.45, 2.75) is 197 Å². The van der Waals surface area contributed by atoms with Crippen LogP contribution < -0.4 is 37.2 Å². The number of carbonyl (C=O) groups excluding carboxylic acids is 9. The van der Waals surface area contributed by atoms with E-state index in [-0.39, 0.29) is 38.9 Å². The van der Waals surface area contributed by atoms with E-state index in [2.05, 4.69) is 57.3 Å². The van der Waals surface area contributed by atoms with Crippen molar-refractivity contribution in [1.82, 2.24) is 37.2 Å². The van der Waals surface area contributed by atoms with Gasteiger partial charge in [0.05, 0.1) is 0 Å². The molecule has 0 aromatic carbocycles. The van der Waals surface area contributed by atoms with Crippen LogP contribution in [0.2, 0.25) is 0 Å². The van der Waals surface area contributed by atoms with E-state index in [0.717, 1.165) is 25.7 Å². The molecular weight excluding hydrogens is 1010 g/mol. The molecule has 0 rings (SSSR count). The van der Waals surface area contributed by atoms with E-state index >= 15 is 0 Å². The van der Waals surface area contributed by atoms with Crippen molar-refractivity contribution in [1.29, 1.82) is 0 Å². The summed E-state index contributed by atoms with van der Waals surface area (Å²) in [6, 6.07) is -9.22. The zero-order valence-electron chi connectivity index (χ0n) is 44.3. The fraction of sp³-hybridized carbons (Fsp3) is 0.667. The fourth-order valence-corrected chi connectivity index (χ4v) is 7.34. The largest absolute Gasteiger partial charge is 0.480 e. The van der Waals surface area contributed by atoms with E-state index in [1.54, 1.807) is 0 Å². The molecule has 0 aromatic rings. The molecule has 7 amide bonds. The topological polar surface area (TPSA) is 406 Å². The summed E-state index contributed by atoms with van der Waals surface area (Å²) in [6.45, 7) is 8.51. The Balaban J connectivity index is 5.27. The van der Waals surface area contributed by atoms with Crippen LogP contribution in [0.3, 0.4) is 0 Å². The highest BCUT2D eigenvalue weighted by Gasteiger charge is 2.30. The summed E-state index contributed by atoms with van der Waals surface area (Å²) >= 11 is 0. The Morgan fingerprint density at radius 2 is 0.597 bits per heavy atom. The smallest absolute Gasteiger partial charge is 0.328 e. The number of ether oxygens (including phenoxy) is 2. The Bertz CT molecular complexity index is 1980. The lowest BCUT2D eigenvalue weighted by molar-refractivity contribution is -0.147. The summed E-state index contributed by atoms with van der Waals surface area (Å²) in [7, 11) is 1.37. The van der Waals surface area contributed by atoms with Crippen LogP contribution in [0.25, 0.3) is 0 Å². The quantitative estimate of drug-likeness (QED) is 0.0235. The van der Waals surface area contributed by atoms with E-state index < -0.39 is 171 Å². The minimum Gasteiger partial charge on any atom is -0.480 e. The molecule has 0 aliphatic rings. The Morgan fingerprint density at radius 1 is 0.364 bits per heavy atom. The predicted molar refractivity (Wildman–Crippen MR) is 275 cm³/mol. The number of nitrogens with one attached hydrogen (secondary N) is 7. The molecule has 26 nitrogen and oxygen atoms in total. The average molecular weight is 1100 g/mol. The van der Waals surface area contributed by atoms with Crippen molar-refractivity contribution in [3.8, 4) is 0 Å². The van der Waals surface area contributed by atoms with Crippen molar-refractivity contribution in [2.24, 2.45) is 0 Å². The van der Waals surface area contributed by atoms with Crippen molar-refractivity contribution in [2.75, 3.05) is 20.3 Å². The minimum atomic E-state index is -1.71. The molecule has 0 bridgehead atoms. The Morgan fingerprint density at radius 3 is 0.857 bits per heavy atom. The number of carbonyl (C=O) groups is 13. The van der Waals surface area contributed by atoms with E-state index in [0.29, 0.717) is 6.42 Å². The number of amides is 7. The molecule has 0 heterocycles. The number of rotatable bonds is 46. The maximum Gasteiger partial charge on any atom is 0.328 e. The third kappa shape index (κ3) is 34.7. The summed E-state index contributed by atoms with van der Waals surface area (Å²) in [5, 5.41) is 54.8. The third-order valence-electron chi connectivity index (χ3n) is 11.7. The molecule has 6 unspecified atom stereocenters. The van der Waals surface area contributed by atoms with Gasteiger partial charge in [0.25, 0.3) is 0 Å². The van der Waals surface area contributed by atoms with Crippen molar-refractivity contribution < 1.29 is 92.2 Å². The predicted octanol–water partition coefficient (Wildman–Crippen LogP) is 1.82. The molecule has 0 aliphatic heterocycles. The molecule has 434 valence electrons. The van der Waals surface area contributed by atoms with Gasteiger partial charge in [-0.25, -0.2) is 28.8 Å². The van der Waals surface area contributed by atoms with E-state index in [4.69, 9.17) is 9.47 Å². The maximum atomic E-state index is 13.0. The highest BCUT2D eigenvalue weighted by Crippen LogP contribution is 2.13. The van der Waals surface area contributed by atoms with Gasteiger partial charge in [-0.15, -0.1) is 0 Å². The van der Waals surface area contributed by atoms with Gasteiger partial charge in [0.15, 0.2) is 0 Å². The molecule has 0 saturated heterocycles. The number of carboxylic acid groups (broad SMARTS) is 4. The lowest BCUT2D eigenvalue weighted by Crippen LogP contribution is -2.46. The van der Waals surface area contributed by atoms with Crippen LogP contribution in [0.15, 0.2) is 25.3 Å². The van der Waals surface area contributed by atoms with E-state index in [9.17, 15) is 82.8 Å². The summed E-state index contributed by atoms with van der Waals surface area (Å²) in [5.74, 6) is -13.5. The number of aliphatic carboxylic acids is 4. The zero-order chi connectivity index (χ0) is 58.1. The van der Waals surface area contributed by atoms with Crippen LogP contribution in [0.4, 0.5) is 0 Å². The Labute approximate surface area is 448 Å². The minimum absolute atomic E-state index is 0.102. The molecule has 0 saturated carbocycles.